The van der Waals surface area contributed by atoms with Gasteiger partial charge in [0.05, 0.1) is 26.4 Å². The quantitative estimate of drug-likeness (QED) is 0.0222. The van der Waals surface area contributed by atoms with E-state index in [1.165, 1.54) is 225 Å². The molecular formula is C78H152O17P2. The number of rotatable bonds is 77. The number of ether oxygens (including phenoxy) is 4. The summed E-state index contributed by atoms with van der Waals surface area (Å²) in [7, 11) is -9.91. The molecule has 0 rings (SSSR count). The van der Waals surface area contributed by atoms with Crippen molar-refractivity contribution in [3.05, 3.63) is 0 Å². The zero-order valence-corrected chi connectivity index (χ0v) is 65.2. The summed E-state index contributed by atoms with van der Waals surface area (Å²) >= 11 is 0. The summed E-state index contributed by atoms with van der Waals surface area (Å²) in [6.45, 7) is 9.66. The molecule has 19 heteroatoms. The van der Waals surface area contributed by atoms with E-state index >= 15 is 0 Å². The molecule has 0 aromatic heterocycles. The van der Waals surface area contributed by atoms with Crippen LogP contribution in [0.1, 0.15) is 408 Å². The lowest BCUT2D eigenvalue weighted by molar-refractivity contribution is -0.161. The zero-order valence-electron chi connectivity index (χ0n) is 63.4. The van der Waals surface area contributed by atoms with Crippen LogP contribution in [0.15, 0.2) is 0 Å². The summed E-state index contributed by atoms with van der Waals surface area (Å²) in [5.74, 6) is -0.512. The number of esters is 4. The molecule has 0 radical (unpaired) electrons. The molecule has 0 saturated heterocycles. The fraction of sp³-hybridized carbons (Fsp3) is 0.949. The number of aliphatic hydroxyl groups is 1. The summed E-state index contributed by atoms with van der Waals surface area (Å²) < 4.78 is 68.6. The average Bonchev–Trinajstić information content (AvgIpc) is 1.19. The van der Waals surface area contributed by atoms with E-state index in [0.29, 0.717) is 25.7 Å². The van der Waals surface area contributed by atoms with E-state index in [9.17, 15) is 43.2 Å². The second-order valence-electron chi connectivity index (χ2n) is 28.8. The van der Waals surface area contributed by atoms with Crippen LogP contribution in [0.25, 0.3) is 0 Å². The summed E-state index contributed by atoms with van der Waals surface area (Å²) in [6.07, 6.45) is 58.0. The largest absolute Gasteiger partial charge is 0.472 e. The maximum Gasteiger partial charge on any atom is 0.472 e. The van der Waals surface area contributed by atoms with Crippen LogP contribution in [-0.4, -0.2) is 96.7 Å². The molecule has 0 amide bonds. The number of phosphoric acid groups is 2. The van der Waals surface area contributed by atoms with E-state index in [0.717, 1.165) is 102 Å². The van der Waals surface area contributed by atoms with Gasteiger partial charge in [0, 0.05) is 25.7 Å². The third-order valence-electron chi connectivity index (χ3n) is 18.6. The minimum absolute atomic E-state index is 0.106. The van der Waals surface area contributed by atoms with Crippen molar-refractivity contribution in [1.82, 2.24) is 0 Å². The van der Waals surface area contributed by atoms with E-state index in [-0.39, 0.29) is 25.7 Å². The number of hydrogen-bond donors (Lipinski definition) is 3. The molecule has 0 fully saturated rings. The molecule has 0 heterocycles. The number of phosphoric ester groups is 2. The van der Waals surface area contributed by atoms with E-state index in [2.05, 4.69) is 41.5 Å². The molecule has 0 aromatic rings. The van der Waals surface area contributed by atoms with Crippen molar-refractivity contribution in [1.29, 1.82) is 0 Å². The summed E-state index contributed by atoms with van der Waals surface area (Å²) in [6, 6.07) is 0. The van der Waals surface area contributed by atoms with Gasteiger partial charge in [-0.25, -0.2) is 9.13 Å². The van der Waals surface area contributed by atoms with Gasteiger partial charge in [0.25, 0.3) is 0 Å². The minimum atomic E-state index is -4.96. The Kier molecular flexibility index (Phi) is 68.4. The second-order valence-corrected chi connectivity index (χ2v) is 31.7. The average molecular weight is 1420 g/mol. The van der Waals surface area contributed by atoms with Crippen molar-refractivity contribution in [2.45, 2.75) is 426 Å². The van der Waals surface area contributed by atoms with Crippen LogP contribution in [0.5, 0.6) is 0 Å². The van der Waals surface area contributed by atoms with Gasteiger partial charge in [-0.1, -0.05) is 356 Å². The van der Waals surface area contributed by atoms with Crippen LogP contribution in [0.4, 0.5) is 0 Å². The highest BCUT2D eigenvalue weighted by Gasteiger charge is 2.30. The topological polar surface area (TPSA) is 237 Å². The lowest BCUT2D eigenvalue weighted by Crippen LogP contribution is -2.30. The third kappa shape index (κ3) is 70.9. The zero-order chi connectivity index (χ0) is 71.4. The molecule has 97 heavy (non-hydrogen) atoms. The van der Waals surface area contributed by atoms with Gasteiger partial charge in [-0.05, 0) is 37.5 Å². The minimum Gasteiger partial charge on any atom is -0.462 e. The van der Waals surface area contributed by atoms with E-state index in [4.69, 9.17) is 37.0 Å². The first-order chi connectivity index (χ1) is 46.9. The number of unbranched alkanes of at least 4 members (excludes halogenated alkanes) is 46. The van der Waals surface area contributed by atoms with Crippen molar-refractivity contribution in [2.24, 2.45) is 11.8 Å². The van der Waals surface area contributed by atoms with Crippen molar-refractivity contribution in [2.75, 3.05) is 39.6 Å². The first-order valence-electron chi connectivity index (χ1n) is 40.5. The first-order valence-corrected chi connectivity index (χ1v) is 43.5. The molecule has 576 valence electrons. The van der Waals surface area contributed by atoms with Crippen LogP contribution in [0.2, 0.25) is 0 Å². The van der Waals surface area contributed by atoms with E-state index < -0.39 is 97.5 Å². The van der Waals surface area contributed by atoms with Crippen LogP contribution >= 0.6 is 15.6 Å². The lowest BCUT2D eigenvalue weighted by atomic mass is 9.99. The lowest BCUT2D eigenvalue weighted by Gasteiger charge is -2.21. The second kappa shape index (κ2) is 69.8. The Morgan fingerprint density at radius 3 is 0.784 bits per heavy atom. The Labute approximate surface area is 594 Å². The Bertz CT molecular complexity index is 1870. The van der Waals surface area contributed by atoms with Gasteiger partial charge >= 0.3 is 39.5 Å². The third-order valence-corrected chi connectivity index (χ3v) is 20.5. The predicted octanol–water partition coefficient (Wildman–Crippen LogP) is 23.1. The van der Waals surface area contributed by atoms with E-state index in [1.807, 2.05) is 0 Å². The number of carbonyl (C=O) groups is 4. The van der Waals surface area contributed by atoms with Gasteiger partial charge in [0.1, 0.15) is 19.3 Å². The summed E-state index contributed by atoms with van der Waals surface area (Å²) in [5.41, 5.74) is 0. The summed E-state index contributed by atoms with van der Waals surface area (Å²) in [4.78, 5) is 72.9. The Balaban J connectivity index is 5.26. The van der Waals surface area contributed by atoms with Crippen molar-refractivity contribution < 1.29 is 80.2 Å². The van der Waals surface area contributed by atoms with Crippen molar-refractivity contribution in [3.63, 3.8) is 0 Å². The predicted molar refractivity (Wildman–Crippen MR) is 395 cm³/mol. The molecule has 0 aromatic carbocycles. The normalized spacial score (nSPS) is 14.2. The maximum atomic E-state index is 13.1. The monoisotopic (exact) mass is 1420 g/mol. The fourth-order valence-electron chi connectivity index (χ4n) is 12.0. The molecule has 0 saturated carbocycles. The molecule has 0 bridgehead atoms. The fourth-order valence-corrected chi connectivity index (χ4v) is 13.6. The maximum absolute atomic E-state index is 13.1. The molecule has 0 aliphatic carbocycles. The first kappa shape index (κ1) is 95.1. The van der Waals surface area contributed by atoms with Crippen LogP contribution < -0.4 is 0 Å². The number of carbonyl (C=O) groups excluding carboxylic acids is 4. The van der Waals surface area contributed by atoms with Crippen LogP contribution in [0, 0.1) is 11.8 Å². The van der Waals surface area contributed by atoms with Gasteiger partial charge in [0.2, 0.25) is 0 Å². The molecule has 17 nitrogen and oxygen atoms in total. The van der Waals surface area contributed by atoms with Crippen LogP contribution in [-0.2, 0) is 65.4 Å². The highest BCUT2D eigenvalue weighted by Crippen LogP contribution is 2.45. The Morgan fingerprint density at radius 2 is 0.526 bits per heavy atom. The van der Waals surface area contributed by atoms with Crippen molar-refractivity contribution >= 4 is 39.5 Å². The molecular weight excluding hydrogens is 1270 g/mol. The Hall–Kier alpha value is -1.94. The number of hydrogen-bond acceptors (Lipinski definition) is 15. The van der Waals surface area contributed by atoms with Crippen molar-refractivity contribution in [3.8, 4) is 0 Å². The van der Waals surface area contributed by atoms with Gasteiger partial charge in [-0.2, -0.15) is 0 Å². The highest BCUT2D eigenvalue weighted by atomic mass is 31.2. The highest BCUT2D eigenvalue weighted by molar-refractivity contribution is 7.47. The molecule has 3 N–H and O–H groups in total. The Morgan fingerprint density at radius 1 is 0.299 bits per heavy atom. The molecule has 0 aliphatic rings. The van der Waals surface area contributed by atoms with E-state index in [1.54, 1.807) is 0 Å². The molecule has 3 unspecified atom stereocenters. The van der Waals surface area contributed by atoms with Crippen LogP contribution in [0.3, 0.4) is 0 Å². The smallest absolute Gasteiger partial charge is 0.462 e. The summed E-state index contributed by atoms with van der Waals surface area (Å²) in [5, 5.41) is 10.6. The van der Waals surface area contributed by atoms with Gasteiger partial charge < -0.3 is 33.8 Å². The van der Waals surface area contributed by atoms with Gasteiger partial charge in [-0.15, -0.1) is 0 Å². The SMILES string of the molecule is CCCCCCCCCCCCCCCCC(=O)OC[C@H](COP(=O)(O)OC[C@@H](O)COP(=O)(O)OC[C@@H](COC(=O)CCCCCCCCCCCCCC)OC(=O)CCCCCCCCCCCCC(C)C)OC(=O)CCCCCCCCCCCCCCCCC(C)CC. The number of aliphatic hydroxyl groups excluding tert-OH is 1. The molecule has 0 spiro atoms. The molecule has 6 atom stereocenters. The van der Waals surface area contributed by atoms with Gasteiger partial charge in [-0.3, -0.25) is 37.3 Å². The standard InChI is InChI=1S/C78H152O17P2/c1-7-10-12-14-16-18-20-22-26-30-37-43-49-55-61-76(81)89-66-73(94-77(82)62-56-50-44-38-31-27-24-23-25-28-35-41-47-53-59-71(6)9-3)68-92-96(84,85)90-64-72(79)65-91-97(86,87)93-69-74(67-88-75(80)60-54-48-42-36-29-21-19-17-15-13-11-8-2)95-78(83)63-57-51-45-39-33-32-34-40-46-52-58-70(4)5/h70-74,79H,7-69H2,1-6H3,(H,84,85)(H,86,87)/t71?,72-,73-,74-/m1/s1. The van der Waals surface area contributed by atoms with Gasteiger partial charge in [0.15, 0.2) is 12.2 Å². The molecule has 0 aliphatic heterocycles.